The van der Waals surface area contributed by atoms with Gasteiger partial charge in [0.1, 0.15) is 18.3 Å². The zero-order valence-corrected chi connectivity index (χ0v) is 5.71. The van der Waals surface area contributed by atoms with Gasteiger partial charge in [-0.05, 0) is 0 Å². The first-order chi connectivity index (χ1) is 5.20. The molecule has 0 spiro atoms. The molecule has 1 rings (SSSR count). The summed E-state index contributed by atoms with van der Waals surface area (Å²) in [7, 11) is 0. The summed E-state index contributed by atoms with van der Waals surface area (Å²) >= 11 is 0. The smallest absolute Gasteiger partial charge is 0.158 e. The third-order valence-corrected chi connectivity index (χ3v) is 1.67. The molecule has 0 bridgehead atoms. The van der Waals surface area contributed by atoms with Crippen LogP contribution in [0.2, 0.25) is 0 Å². The van der Waals surface area contributed by atoms with Crippen molar-refractivity contribution < 1.29 is 25.3 Å². The van der Waals surface area contributed by atoms with Crippen molar-refractivity contribution in [2.24, 2.45) is 0 Å². The van der Waals surface area contributed by atoms with Crippen molar-refractivity contribution >= 4 is 0 Å². The van der Waals surface area contributed by atoms with Crippen molar-refractivity contribution in [1.82, 2.24) is 5.48 Å². The minimum Gasteiger partial charge on any atom is -0.394 e. The number of ether oxygens (including phenoxy) is 1. The largest absolute Gasteiger partial charge is 0.394 e. The van der Waals surface area contributed by atoms with E-state index >= 15 is 0 Å². The summed E-state index contributed by atoms with van der Waals surface area (Å²) in [5, 5.41) is 35.0. The monoisotopic (exact) mass is 165 g/mol. The fourth-order valence-electron chi connectivity index (χ4n) is 1.01. The van der Waals surface area contributed by atoms with E-state index in [4.69, 9.17) is 25.3 Å². The van der Waals surface area contributed by atoms with Gasteiger partial charge in [-0.2, -0.15) is 5.48 Å². The molecule has 0 radical (unpaired) electrons. The van der Waals surface area contributed by atoms with E-state index in [0.717, 1.165) is 0 Å². The molecule has 1 aliphatic heterocycles. The highest BCUT2D eigenvalue weighted by atomic mass is 16.6. The van der Waals surface area contributed by atoms with Gasteiger partial charge in [0.05, 0.1) is 6.61 Å². The fourth-order valence-corrected chi connectivity index (χ4v) is 1.01. The van der Waals surface area contributed by atoms with Gasteiger partial charge in [-0.25, -0.2) is 0 Å². The molecule has 0 amide bonds. The van der Waals surface area contributed by atoms with E-state index in [1.165, 1.54) is 0 Å². The molecule has 0 aliphatic carbocycles. The van der Waals surface area contributed by atoms with Crippen LogP contribution in [0.5, 0.6) is 0 Å². The van der Waals surface area contributed by atoms with Crippen molar-refractivity contribution in [2.45, 2.75) is 24.5 Å². The number of rotatable bonds is 2. The van der Waals surface area contributed by atoms with Gasteiger partial charge in [0.2, 0.25) is 0 Å². The predicted molar refractivity (Wildman–Crippen MR) is 32.7 cm³/mol. The van der Waals surface area contributed by atoms with E-state index in [0.29, 0.717) is 0 Å². The number of hydrogen-bond acceptors (Lipinski definition) is 6. The Kier molecular flexibility index (Phi) is 2.77. The molecule has 66 valence electrons. The zero-order valence-electron chi connectivity index (χ0n) is 5.71. The first kappa shape index (κ1) is 8.85. The summed E-state index contributed by atoms with van der Waals surface area (Å²) in [5.74, 6) is 0. The van der Waals surface area contributed by atoms with Crippen molar-refractivity contribution in [3.63, 3.8) is 0 Å². The number of hydroxylamine groups is 1. The molecular formula is C5H11NO5. The first-order valence-electron chi connectivity index (χ1n) is 3.22. The zero-order chi connectivity index (χ0) is 8.43. The van der Waals surface area contributed by atoms with Crippen LogP contribution < -0.4 is 5.48 Å². The lowest BCUT2D eigenvalue weighted by Crippen LogP contribution is -2.39. The van der Waals surface area contributed by atoms with Crippen LogP contribution in [0, 0.1) is 0 Å². The lowest BCUT2D eigenvalue weighted by Gasteiger charge is -2.11. The number of aliphatic hydroxyl groups excluding tert-OH is 3. The Labute approximate surface area is 63.0 Å². The molecule has 4 atom stereocenters. The van der Waals surface area contributed by atoms with Crippen LogP contribution in [0.3, 0.4) is 0 Å². The molecular weight excluding hydrogens is 154 g/mol. The maximum atomic E-state index is 9.07. The Bertz CT molecular complexity index is 114. The van der Waals surface area contributed by atoms with Crippen molar-refractivity contribution in [1.29, 1.82) is 0 Å². The van der Waals surface area contributed by atoms with E-state index in [1.807, 2.05) is 0 Å². The molecule has 6 heteroatoms. The van der Waals surface area contributed by atoms with Crippen LogP contribution in [0.15, 0.2) is 0 Å². The Morgan fingerprint density at radius 3 is 2.18 bits per heavy atom. The molecule has 2 unspecified atom stereocenters. The Hall–Kier alpha value is -0.240. The number of aliphatic hydroxyl groups is 3. The van der Waals surface area contributed by atoms with Crippen molar-refractivity contribution in [2.75, 3.05) is 6.61 Å². The maximum Gasteiger partial charge on any atom is 0.158 e. The lowest BCUT2D eigenvalue weighted by molar-refractivity contribution is -0.0867. The van der Waals surface area contributed by atoms with E-state index in [2.05, 4.69) is 0 Å². The standard InChI is InChI=1S/C5H11NO5/c7-1-2-3(8)4(9)5(6-10)11-2/h2-10H,1H2/t2-,3?,4?,5-/m1/s1. The van der Waals surface area contributed by atoms with Gasteiger partial charge < -0.3 is 25.3 Å². The van der Waals surface area contributed by atoms with Crippen LogP contribution in [0.25, 0.3) is 0 Å². The van der Waals surface area contributed by atoms with Gasteiger partial charge in [0.25, 0.3) is 0 Å². The maximum absolute atomic E-state index is 9.07. The summed E-state index contributed by atoms with van der Waals surface area (Å²) in [5.41, 5.74) is 1.67. The molecule has 1 aliphatic rings. The summed E-state index contributed by atoms with van der Waals surface area (Å²) in [6, 6.07) is 0. The first-order valence-corrected chi connectivity index (χ1v) is 3.22. The predicted octanol–water partition coefficient (Wildman–Crippen LogP) is -2.60. The van der Waals surface area contributed by atoms with Crippen molar-refractivity contribution in [3.05, 3.63) is 0 Å². The molecule has 0 aromatic carbocycles. The Balaban J connectivity index is 2.53. The van der Waals surface area contributed by atoms with Crippen LogP contribution >= 0.6 is 0 Å². The number of nitrogens with one attached hydrogen (secondary N) is 1. The SMILES string of the molecule is OC[C@H]1O[C@@H](NO)C(O)C1O. The third-order valence-electron chi connectivity index (χ3n) is 1.67. The average Bonchev–Trinajstić information content (AvgIpc) is 2.30. The lowest BCUT2D eigenvalue weighted by atomic mass is 10.1. The third kappa shape index (κ3) is 1.51. The van der Waals surface area contributed by atoms with E-state index in [9.17, 15) is 0 Å². The van der Waals surface area contributed by atoms with Gasteiger partial charge >= 0.3 is 0 Å². The van der Waals surface area contributed by atoms with Gasteiger partial charge in [-0.1, -0.05) is 0 Å². The molecule has 0 aromatic rings. The van der Waals surface area contributed by atoms with Crippen LogP contribution in [-0.4, -0.2) is 51.7 Å². The molecule has 1 heterocycles. The molecule has 0 saturated carbocycles. The van der Waals surface area contributed by atoms with Crippen LogP contribution in [-0.2, 0) is 4.74 Å². The second-order valence-electron chi connectivity index (χ2n) is 2.39. The highest BCUT2D eigenvalue weighted by Gasteiger charge is 2.41. The minimum absolute atomic E-state index is 0.392. The normalized spacial score (nSPS) is 44.7. The second kappa shape index (κ2) is 3.44. The molecule has 1 saturated heterocycles. The summed E-state index contributed by atoms with van der Waals surface area (Å²) in [4.78, 5) is 0. The van der Waals surface area contributed by atoms with Crippen molar-refractivity contribution in [3.8, 4) is 0 Å². The van der Waals surface area contributed by atoms with Crippen LogP contribution in [0.4, 0.5) is 0 Å². The highest BCUT2D eigenvalue weighted by molar-refractivity contribution is 4.87. The molecule has 1 fully saturated rings. The summed E-state index contributed by atoms with van der Waals surface area (Å²) in [6.07, 6.45) is -4.24. The molecule has 5 N–H and O–H groups in total. The fraction of sp³-hybridized carbons (Fsp3) is 1.00. The van der Waals surface area contributed by atoms with Gasteiger partial charge in [-0.3, -0.25) is 0 Å². The minimum atomic E-state index is -1.21. The van der Waals surface area contributed by atoms with Gasteiger partial charge in [0.15, 0.2) is 6.23 Å². The van der Waals surface area contributed by atoms with E-state index in [1.54, 1.807) is 5.48 Å². The quantitative estimate of drug-likeness (QED) is 0.288. The van der Waals surface area contributed by atoms with E-state index in [-0.39, 0.29) is 0 Å². The molecule has 11 heavy (non-hydrogen) atoms. The van der Waals surface area contributed by atoms with Gasteiger partial charge in [-0.15, -0.1) is 0 Å². The van der Waals surface area contributed by atoms with Gasteiger partial charge in [0, 0.05) is 0 Å². The molecule has 0 aromatic heterocycles. The summed E-state index contributed by atoms with van der Waals surface area (Å²) < 4.78 is 4.77. The Morgan fingerprint density at radius 1 is 1.27 bits per heavy atom. The second-order valence-corrected chi connectivity index (χ2v) is 2.39. The van der Waals surface area contributed by atoms with E-state index < -0.39 is 31.1 Å². The average molecular weight is 165 g/mol. The number of hydrogen-bond donors (Lipinski definition) is 5. The topological polar surface area (TPSA) is 102 Å². The summed E-state index contributed by atoms with van der Waals surface area (Å²) in [6.45, 7) is -0.392. The molecule has 6 nitrogen and oxygen atoms in total. The Morgan fingerprint density at radius 2 is 1.91 bits per heavy atom. The highest BCUT2D eigenvalue weighted by Crippen LogP contribution is 2.18. The van der Waals surface area contributed by atoms with Crippen LogP contribution in [0.1, 0.15) is 0 Å².